The third kappa shape index (κ3) is 16.7. The van der Waals surface area contributed by atoms with Crippen LogP contribution in [0.25, 0.3) is 161 Å². The molecule has 0 amide bonds. The normalized spacial score (nSPS) is 11.7. The predicted molar refractivity (Wildman–Crippen MR) is 581 cm³/mol. The van der Waals surface area contributed by atoms with Crippen molar-refractivity contribution in [2.75, 3.05) is 0 Å². The van der Waals surface area contributed by atoms with Crippen molar-refractivity contribution in [3.05, 3.63) is 399 Å². The molecule has 138 heavy (non-hydrogen) atoms. The molecule has 0 unspecified atom stereocenters. The molecule has 0 saturated heterocycles. The zero-order chi connectivity index (χ0) is 97.4. The van der Waals surface area contributed by atoms with Crippen molar-refractivity contribution in [2.24, 2.45) is 35.2 Å². The highest BCUT2D eigenvalue weighted by atomic mass is 15.2. The molecule has 11 heteroatoms. The summed E-state index contributed by atoms with van der Waals surface area (Å²) in [6.07, 6.45) is 12.6. The Morgan fingerprint density at radius 3 is 0.848 bits per heavy atom. The van der Waals surface area contributed by atoms with Crippen LogP contribution in [-0.2, 0) is 35.2 Å². The van der Waals surface area contributed by atoms with Crippen LogP contribution < -0.4 is 22.8 Å². The number of hydrogen-bond acceptors (Lipinski definition) is 1. The predicted octanol–water partition coefficient (Wildman–Crippen LogP) is 29.8. The van der Waals surface area contributed by atoms with E-state index in [2.05, 4.69) is 516 Å². The van der Waals surface area contributed by atoms with Gasteiger partial charge in [0, 0.05) is 84.2 Å². The van der Waals surface area contributed by atoms with Gasteiger partial charge < -0.3 is 0 Å². The molecule has 10 aromatic heterocycles. The van der Waals surface area contributed by atoms with E-state index in [1.54, 1.807) is 0 Å². The molecule has 0 spiro atoms. The molecule has 0 fully saturated rings. The minimum Gasteiger partial charge on any atom is -0.238 e. The summed E-state index contributed by atoms with van der Waals surface area (Å²) in [5.41, 5.74) is 39.8. The maximum Gasteiger partial charge on any atom is 0.403 e. The third-order valence-electron chi connectivity index (χ3n) is 29.5. The molecule has 0 saturated carbocycles. The van der Waals surface area contributed by atoms with E-state index in [9.17, 15) is 0 Å². The monoisotopic (exact) mass is 1810 g/mol. The van der Waals surface area contributed by atoms with Gasteiger partial charge in [0.25, 0.3) is 23.3 Å². The Morgan fingerprint density at radius 1 is 0.225 bits per heavy atom. The van der Waals surface area contributed by atoms with Crippen LogP contribution in [0.4, 0.5) is 0 Å². The van der Waals surface area contributed by atoms with E-state index in [0.29, 0.717) is 29.6 Å². The topological polar surface area (TPSA) is 56.9 Å². The Labute approximate surface area is 815 Å². The Hall–Kier alpha value is -14.7. The van der Waals surface area contributed by atoms with Gasteiger partial charge in [0.05, 0.1) is 66.2 Å². The quantitative estimate of drug-likeness (QED) is 0.112. The second kappa shape index (κ2) is 38.1. The van der Waals surface area contributed by atoms with Gasteiger partial charge >= 0.3 is 5.95 Å². The number of hydrogen-bond donors (Lipinski definition) is 0. The summed E-state index contributed by atoms with van der Waals surface area (Å²) in [5.74, 6) is 8.02. The van der Waals surface area contributed by atoms with Crippen LogP contribution in [0, 0.1) is 76.2 Å². The van der Waals surface area contributed by atoms with Gasteiger partial charge in [-0.05, 0) is 320 Å². The molecule has 22 rings (SSSR count). The lowest BCUT2D eigenvalue weighted by Gasteiger charge is -2.23. The number of para-hydroxylation sites is 5. The fourth-order valence-corrected chi connectivity index (χ4v) is 21.1. The number of nitrogens with zero attached hydrogens (tertiary/aromatic N) is 11. The zero-order valence-electron chi connectivity index (χ0n) is 85.8. The van der Waals surface area contributed by atoms with Crippen molar-refractivity contribution in [2.45, 2.75) is 175 Å². The first-order valence-electron chi connectivity index (χ1n) is 49.3. The molecule has 0 aliphatic rings. The first-order valence-corrected chi connectivity index (χ1v) is 49.3. The number of aromatic nitrogens is 11. The molecule has 0 atom stereocenters. The minimum absolute atomic E-state index is 0.446. The van der Waals surface area contributed by atoms with E-state index < -0.39 is 0 Å². The first-order chi connectivity index (χ1) is 66.3. The van der Waals surface area contributed by atoms with Crippen molar-refractivity contribution in [3.8, 4) is 51.5 Å². The van der Waals surface area contributed by atoms with Crippen molar-refractivity contribution >= 4 is 109 Å². The Balaban J connectivity index is 0.000000117. The molecule has 11 nitrogen and oxygen atoms in total. The van der Waals surface area contributed by atoms with Crippen LogP contribution in [0.15, 0.2) is 310 Å². The fourth-order valence-electron chi connectivity index (χ4n) is 21.1. The van der Waals surface area contributed by atoms with Crippen LogP contribution in [0.2, 0.25) is 0 Å². The van der Waals surface area contributed by atoms with Gasteiger partial charge in [-0.1, -0.05) is 214 Å². The van der Waals surface area contributed by atoms with Crippen LogP contribution >= 0.6 is 0 Å². The molecule has 0 aliphatic heterocycles. The number of aryl methyl sites for hydroxylation is 16. The van der Waals surface area contributed by atoms with Crippen molar-refractivity contribution < 1.29 is 22.8 Å². The smallest absolute Gasteiger partial charge is 0.238 e. The first kappa shape index (κ1) is 93.7. The van der Waals surface area contributed by atoms with E-state index in [4.69, 9.17) is 0 Å². The van der Waals surface area contributed by atoms with Gasteiger partial charge in [-0.15, -0.1) is 0 Å². The highest BCUT2D eigenvalue weighted by molar-refractivity contribution is 6.14. The second-order valence-corrected chi connectivity index (χ2v) is 40.1. The summed E-state index contributed by atoms with van der Waals surface area (Å²) < 4.78 is 22.9. The van der Waals surface area contributed by atoms with Crippen molar-refractivity contribution in [1.29, 1.82) is 0 Å². The Kier molecular flexibility index (Phi) is 25.9. The van der Waals surface area contributed by atoms with Crippen LogP contribution in [0.1, 0.15) is 188 Å². The highest BCUT2D eigenvalue weighted by Crippen LogP contribution is 2.45. The van der Waals surface area contributed by atoms with Gasteiger partial charge in [-0.3, -0.25) is 0 Å². The molecule has 12 aromatic carbocycles. The summed E-state index contributed by atoms with van der Waals surface area (Å²) in [6, 6.07) is 99.7. The average Bonchev–Trinajstić information content (AvgIpc) is 1.57. The fraction of sp³-hybridized carbons (Fsp3) is 0.244. The third-order valence-corrected chi connectivity index (χ3v) is 29.5. The molecule has 692 valence electrons. The molecule has 22 aromatic rings. The summed E-state index contributed by atoms with van der Waals surface area (Å²) in [6.45, 7) is 47.4. The maximum atomic E-state index is 4.62. The molecule has 0 bridgehead atoms. The standard InChI is InChI=1S/C35H41N2.C32H35N2.C21H21N2.C20H19N2.C19H18N3/c1-21(2)27-18-30(22(3)4)34(31(19-27)23(5)6)26-16-17-36(9)33(20-26)37-32-13-11-10-12-28(32)29-15-14-24(7)25(8)35(29)37;1-20(2)25-12-10-13-26(21(3)4)31(25)24-17-18-33(7)30(19-24)34-29-14-9-8-11-27(29)28-16-15-22(5)23(6)32(28)34;1-14-11-12-22(4)20(13-14)23-19-8-6-5-7-17(19)18-10-9-15(2)16(3)21(18)23;1-14-11-12-17-16-8-4-5-9-18(16)22(20(17)15(14)2)19-10-6-7-13-21(19)3;1-13-9-10-16-15-7-4-5-8-17(15)22(18(16)14(13)2)19-20-11-6-12-21(19)3/h10-23H,1-9H3;8-21H,1-7H3;5-13H,1-4H3;4-13H,1-3H3;4-12H,1-3H3/q5*+1. The van der Waals surface area contributed by atoms with E-state index in [-0.39, 0.29) is 0 Å². The largest absolute Gasteiger partial charge is 0.403 e. The maximum absolute atomic E-state index is 4.62. The number of benzene rings is 12. The number of rotatable bonds is 12. The summed E-state index contributed by atoms with van der Waals surface area (Å²) >= 11 is 0. The van der Waals surface area contributed by atoms with Crippen LogP contribution in [0.5, 0.6) is 0 Å². The van der Waals surface area contributed by atoms with Crippen LogP contribution in [-0.4, -0.2) is 27.8 Å². The molecular weight excluding hydrogens is 1680 g/mol. The lowest BCUT2D eigenvalue weighted by molar-refractivity contribution is -0.668. The Morgan fingerprint density at radius 2 is 0.514 bits per heavy atom. The van der Waals surface area contributed by atoms with Gasteiger partial charge in [-0.25, -0.2) is 22.8 Å². The zero-order valence-corrected chi connectivity index (χ0v) is 85.8. The van der Waals surface area contributed by atoms with Crippen molar-refractivity contribution in [1.82, 2.24) is 27.8 Å². The van der Waals surface area contributed by atoms with Crippen LogP contribution in [0.3, 0.4) is 0 Å². The van der Waals surface area contributed by atoms with Gasteiger partial charge in [0.2, 0.25) is 0 Å². The van der Waals surface area contributed by atoms with Gasteiger partial charge in [0.1, 0.15) is 61.4 Å². The van der Waals surface area contributed by atoms with Gasteiger partial charge in [0.15, 0.2) is 0 Å². The summed E-state index contributed by atoms with van der Waals surface area (Å²) in [4.78, 5) is 4.62. The lowest BCUT2D eigenvalue weighted by Crippen LogP contribution is -2.34. The van der Waals surface area contributed by atoms with E-state index in [1.807, 2.05) is 25.5 Å². The van der Waals surface area contributed by atoms with E-state index in [0.717, 1.165) is 5.95 Å². The summed E-state index contributed by atoms with van der Waals surface area (Å²) in [5, 5.41) is 13.1. The Bertz CT molecular complexity index is 8290. The number of pyridine rings is 4. The summed E-state index contributed by atoms with van der Waals surface area (Å²) in [7, 11) is 10.6. The van der Waals surface area contributed by atoms with Crippen molar-refractivity contribution in [3.63, 3.8) is 0 Å². The molecule has 0 aliphatic carbocycles. The average molecular weight is 1810 g/mol. The van der Waals surface area contributed by atoms with Gasteiger partial charge in [-0.2, -0.15) is 22.8 Å². The molecule has 10 heterocycles. The van der Waals surface area contributed by atoms with E-state index >= 15 is 0 Å². The van der Waals surface area contributed by atoms with E-state index in [1.165, 1.54) is 244 Å². The SMILES string of the molecule is Cc1cc[n+](C)c(-n2c3ccccc3c3ccc(C)c(C)c32)c1.Cc1ccc2c3ccccc3n(-c3cc(-c4c(C(C)C)cc(C(C)C)cc4C(C)C)cc[n+]3C)c2c1C.Cc1ccc2c3ccccc3n(-c3cc(-c4c(C(C)C)cccc4C(C)C)cc[n+]3C)c2c1C.Cc1ccc2c3ccccc3n(-c3cccc[n+]3C)c2c1C.Cc1ccc2c3ccccc3n(-c3nccc[n+]3C)c2c1C. The highest BCUT2D eigenvalue weighted by Gasteiger charge is 2.32. The second-order valence-electron chi connectivity index (χ2n) is 40.1. The number of fused-ring (bicyclic) bond motifs is 15. The molecule has 0 radical (unpaired) electrons. The molecule has 0 N–H and O–H groups in total. The lowest BCUT2D eigenvalue weighted by atomic mass is 9.82. The molecular formula is C127H134N11+5. The minimum atomic E-state index is 0.446.